The van der Waals surface area contributed by atoms with E-state index in [2.05, 4.69) is 20.9 Å². The summed E-state index contributed by atoms with van der Waals surface area (Å²) in [4.78, 5) is 12.2. The van der Waals surface area contributed by atoms with Crippen molar-refractivity contribution in [2.75, 3.05) is 0 Å². The van der Waals surface area contributed by atoms with Crippen LogP contribution in [-0.4, -0.2) is 31.0 Å². The minimum atomic E-state index is -3.59. The second-order valence-corrected chi connectivity index (χ2v) is 8.86. The summed E-state index contributed by atoms with van der Waals surface area (Å²) in [6.07, 6.45) is 0.688. The molecule has 1 aromatic carbocycles. The van der Waals surface area contributed by atoms with Crippen LogP contribution in [0.25, 0.3) is 0 Å². The van der Waals surface area contributed by atoms with Crippen molar-refractivity contribution in [3.05, 3.63) is 29.8 Å². The van der Waals surface area contributed by atoms with Crippen molar-refractivity contribution in [2.24, 2.45) is 0 Å². The maximum absolute atomic E-state index is 12.2. The number of hydrazine groups is 1. The number of rotatable bonds is 5. The predicted octanol–water partition coefficient (Wildman–Crippen LogP) is 1.67. The lowest BCUT2D eigenvalue weighted by Gasteiger charge is -2.23. The average molecular weight is 387 g/mol. The lowest BCUT2D eigenvalue weighted by molar-refractivity contribution is 0.0943. The molecule has 0 spiro atoms. The van der Waals surface area contributed by atoms with E-state index in [9.17, 15) is 13.2 Å². The van der Waals surface area contributed by atoms with Crippen LogP contribution in [0.3, 0.4) is 0 Å². The van der Waals surface area contributed by atoms with Gasteiger partial charge in [0.05, 0.1) is 4.90 Å². The molecule has 7 nitrogen and oxygen atoms in total. The number of hydrogen-bond donors (Lipinski definition) is 4. The van der Waals surface area contributed by atoms with Crippen molar-refractivity contribution in [1.82, 2.24) is 20.9 Å². The first-order chi connectivity index (χ1) is 11.4. The van der Waals surface area contributed by atoms with E-state index in [0.717, 1.165) is 0 Å². The lowest BCUT2D eigenvalue weighted by Crippen LogP contribution is -2.52. The van der Waals surface area contributed by atoms with E-state index < -0.39 is 15.9 Å². The SMILES string of the molecule is CC[C@H](C)NS(=O)(=O)c1ccc(C(=O)NNC(=S)NC(C)(C)C)cc1. The monoisotopic (exact) mass is 386 g/mol. The van der Waals surface area contributed by atoms with Gasteiger partial charge in [-0.2, -0.15) is 0 Å². The van der Waals surface area contributed by atoms with Crippen LogP contribution in [0.2, 0.25) is 0 Å². The Morgan fingerprint density at radius 3 is 2.20 bits per heavy atom. The highest BCUT2D eigenvalue weighted by molar-refractivity contribution is 7.89. The van der Waals surface area contributed by atoms with E-state index in [0.29, 0.717) is 12.0 Å². The standard InChI is InChI=1S/C16H26N4O3S2/c1-6-11(2)20-25(22,23)13-9-7-12(8-10-13)14(21)18-19-15(24)17-16(3,4)5/h7-11,20H,6H2,1-5H3,(H,18,21)(H2,17,19,24)/t11-/m0/s1. The summed E-state index contributed by atoms with van der Waals surface area (Å²) >= 11 is 5.07. The van der Waals surface area contributed by atoms with Crippen molar-refractivity contribution in [3.63, 3.8) is 0 Å². The highest BCUT2D eigenvalue weighted by Gasteiger charge is 2.17. The van der Waals surface area contributed by atoms with Crippen molar-refractivity contribution in [2.45, 2.75) is 57.5 Å². The molecule has 25 heavy (non-hydrogen) atoms. The van der Waals surface area contributed by atoms with E-state index in [4.69, 9.17) is 12.2 Å². The summed E-state index contributed by atoms with van der Waals surface area (Å²) in [5.74, 6) is -0.420. The van der Waals surface area contributed by atoms with Gasteiger partial charge >= 0.3 is 0 Å². The minimum absolute atomic E-state index is 0.113. The zero-order valence-corrected chi connectivity index (χ0v) is 16.8. The number of sulfonamides is 1. The van der Waals surface area contributed by atoms with Gasteiger partial charge in [-0.25, -0.2) is 13.1 Å². The van der Waals surface area contributed by atoms with Gasteiger partial charge in [-0.15, -0.1) is 0 Å². The van der Waals surface area contributed by atoms with Gasteiger partial charge in [-0.05, 0) is 70.6 Å². The topological polar surface area (TPSA) is 99.3 Å². The second-order valence-electron chi connectivity index (χ2n) is 6.74. The summed E-state index contributed by atoms with van der Waals surface area (Å²) < 4.78 is 26.9. The largest absolute Gasteiger partial charge is 0.357 e. The maximum Gasteiger partial charge on any atom is 0.269 e. The van der Waals surface area contributed by atoms with Crippen LogP contribution in [-0.2, 0) is 10.0 Å². The number of thiocarbonyl (C=S) groups is 1. The quantitative estimate of drug-likeness (QED) is 0.454. The lowest BCUT2D eigenvalue weighted by atomic mass is 10.1. The van der Waals surface area contributed by atoms with E-state index in [1.165, 1.54) is 24.3 Å². The zero-order valence-electron chi connectivity index (χ0n) is 15.1. The van der Waals surface area contributed by atoms with E-state index >= 15 is 0 Å². The molecule has 1 amide bonds. The molecule has 0 aromatic heterocycles. The van der Waals surface area contributed by atoms with Gasteiger partial charge in [-0.3, -0.25) is 15.6 Å². The molecule has 9 heteroatoms. The van der Waals surface area contributed by atoms with Crippen molar-refractivity contribution in [3.8, 4) is 0 Å². The number of carbonyl (C=O) groups excluding carboxylic acids is 1. The molecule has 0 bridgehead atoms. The van der Waals surface area contributed by atoms with Gasteiger partial charge in [0.25, 0.3) is 5.91 Å². The van der Waals surface area contributed by atoms with Gasteiger partial charge in [0.2, 0.25) is 10.0 Å². The molecule has 1 aromatic rings. The fourth-order valence-electron chi connectivity index (χ4n) is 1.76. The van der Waals surface area contributed by atoms with Gasteiger partial charge in [0, 0.05) is 17.1 Å². The third kappa shape index (κ3) is 7.37. The number of hydrogen-bond acceptors (Lipinski definition) is 4. The molecule has 0 aliphatic carbocycles. The molecule has 0 aliphatic rings. The number of benzene rings is 1. The Morgan fingerprint density at radius 1 is 1.16 bits per heavy atom. The maximum atomic E-state index is 12.2. The molecule has 1 rings (SSSR count). The molecular weight excluding hydrogens is 360 g/mol. The fourth-order valence-corrected chi connectivity index (χ4v) is 3.44. The summed E-state index contributed by atoms with van der Waals surface area (Å²) in [7, 11) is -3.59. The minimum Gasteiger partial charge on any atom is -0.357 e. The number of nitrogens with one attached hydrogen (secondary N) is 4. The Hall–Kier alpha value is -1.71. The van der Waals surface area contributed by atoms with E-state index in [1.807, 2.05) is 27.7 Å². The van der Waals surface area contributed by atoms with Crippen LogP contribution in [0.1, 0.15) is 51.4 Å². The molecule has 0 saturated carbocycles. The van der Waals surface area contributed by atoms with Crippen LogP contribution in [0.5, 0.6) is 0 Å². The van der Waals surface area contributed by atoms with Crippen molar-refractivity contribution >= 4 is 33.3 Å². The Bertz CT molecular complexity index is 710. The smallest absolute Gasteiger partial charge is 0.269 e. The molecule has 0 saturated heterocycles. The average Bonchev–Trinajstić information content (AvgIpc) is 2.50. The zero-order chi connectivity index (χ0) is 19.3. The van der Waals surface area contributed by atoms with Crippen LogP contribution in [0, 0.1) is 0 Å². The van der Waals surface area contributed by atoms with Crippen molar-refractivity contribution < 1.29 is 13.2 Å². The van der Waals surface area contributed by atoms with Crippen LogP contribution in [0.15, 0.2) is 29.2 Å². The van der Waals surface area contributed by atoms with Gasteiger partial charge in [-0.1, -0.05) is 6.92 Å². The molecule has 0 fully saturated rings. The second kappa shape index (κ2) is 8.59. The summed E-state index contributed by atoms with van der Waals surface area (Å²) in [6.45, 7) is 9.51. The number of carbonyl (C=O) groups is 1. The molecule has 0 aliphatic heterocycles. The highest BCUT2D eigenvalue weighted by Crippen LogP contribution is 2.11. The third-order valence-corrected chi connectivity index (χ3v) is 4.98. The Labute approximate surface area is 155 Å². The third-order valence-electron chi connectivity index (χ3n) is 3.17. The molecule has 0 unspecified atom stereocenters. The molecule has 140 valence electrons. The van der Waals surface area contributed by atoms with E-state index in [-0.39, 0.29) is 21.6 Å². The fraction of sp³-hybridized carbons (Fsp3) is 0.500. The summed E-state index contributed by atoms with van der Waals surface area (Å²) in [6, 6.07) is 5.52. The highest BCUT2D eigenvalue weighted by atomic mass is 32.2. The van der Waals surface area contributed by atoms with Crippen LogP contribution >= 0.6 is 12.2 Å². The van der Waals surface area contributed by atoms with Gasteiger partial charge < -0.3 is 5.32 Å². The normalized spacial score (nSPS) is 13.0. The molecule has 0 heterocycles. The Kier molecular flexibility index (Phi) is 7.33. The first kappa shape index (κ1) is 21.3. The Morgan fingerprint density at radius 2 is 1.72 bits per heavy atom. The van der Waals surface area contributed by atoms with Crippen LogP contribution < -0.4 is 20.9 Å². The first-order valence-electron chi connectivity index (χ1n) is 7.95. The van der Waals surface area contributed by atoms with Crippen LogP contribution in [0.4, 0.5) is 0 Å². The Balaban J connectivity index is 2.70. The van der Waals surface area contributed by atoms with Gasteiger partial charge in [0.15, 0.2) is 5.11 Å². The number of amides is 1. The molecule has 1 atom stereocenters. The molecule has 4 N–H and O–H groups in total. The molecular formula is C16H26N4O3S2. The summed E-state index contributed by atoms with van der Waals surface area (Å²) in [5, 5.41) is 3.29. The first-order valence-corrected chi connectivity index (χ1v) is 9.84. The predicted molar refractivity (Wildman–Crippen MR) is 103 cm³/mol. The molecule has 0 radical (unpaired) electrons. The van der Waals surface area contributed by atoms with E-state index in [1.54, 1.807) is 6.92 Å². The van der Waals surface area contributed by atoms with Crippen molar-refractivity contribution in [1.29, 1.82) is 0 Å². The summed E-state index contributed by atoms with van der Waals surface area (Å²) in [5.41, 5.74) is 5.15. The van der Waals surface area contributed by atoms with Gasteiger partial charge in [0.1, 0.15) is 0 Å².